The molecule has 0 aliphatic heterocycles. The summed E-state index contributed by atoms with van der Waals surface area (Å²) in [6, 6.07) is 61.7. The zero-order valence-corrected chi connectivity index (χ0v) is 31.4. The van der Waals surface area contributed by atoms with Crippen molar-refractivity contribution in [3.8, 4) is 22.3 Å². The molecule has 3 nitrogen and oxygen atoms in total. The van der Waals surface area contributed by atoms with Crippen molar-refractivity contribution in [1.29, 1.82) is 0 Å². The number of hydrogen-bond acceptors (Lipinski definition) is 3. The Morgan fingerprint density at radius 1 is 0.393 bits per heavy atom. The molecule has 2 aliphatic rings. The molecule has 2 aliphatic carbocycles. The van der Waals surface area contributed by atoms with Gasteiger partial charge in [0, 0.05) is 44.1 Å². The van der Waals surface area contributed by atoms with Crippen LogP contribution < -0.4 is 4.90 Å². The molecule has 3 heteroatoms. The van der Waals surface area contributed by atoms with Gasteiger partial charge in [-0.2, -0.15) is 0 Å². The van der Waals surface area contributed by atoms with Crippen molar-refractivity contribution in [2.75, 3.05) is 4.90 Å². The molecule has 0 spiro atoms. The highest BCUT2D eigenvalue weighted by Gasteiger charge is 2.41. The van der Waals surface area contributed by atoms with Crippen LogP contribution in [0.15, 0.2) is 179 Å². The highest BCUT2D eigenvalue weighted by Crippen LogP contribution is 2.54. The van der Waals surface area contributed by atoms with Crippen LogP contribution in [-0.4, -0.2) is 0 Å². The lowest BCUT2D eigenvalue weighted by Crippen LogP contribution is -2.22. The van der Waals surface area contributed by atoms with Crippen LogP contribution in [0.5, 0.6) is 0 Å². The van der Waals surface area contributed by atoms with E-state index in [-0.39, 0.29) is 10.8 Å². The summed E-state index contributed by atoms with van der Waals surface area (Å²) in [5, 5.41) is 4.42. The lowest BCUT2D eigenvalue weighted by molar-refractivity contribution is 0.660. The standard InChI is InChI=1S/C53H37NO2/c1-52(2)43-18-8-4-13-35(43)38-27-24-33(30-46(38)52)54(34-25-28-40-39-16-7-11-22-48(39)55-50(40)31-34)47-21-12-17-42-41-26-23-32(29-49(41)56-51(42)47)53(3)44-19-9-5-14-36(44)37-15-6-10-20-45(37)53/h4-31H,1-3H3. The van der Waals surface area contributed by atoms with Crippen LogP contribution in [0, 0.1) is 0 Å². The lowest BCUT2D eigenvalue weighted by Gasteiger charge is -2.28. The van der Waals surface area contributed by atoms with Crippen LogP contribution >= 0.6 is 0 Å². The predicted octanol–water partition coefficient (Wildman–Crippen LogP) is 14.6. The van der Waals surface area contributed by atoms with Crippen LogP contribution in [0.1, 0.15) is 48.6 Å². The van der Waals surface area contributed by atoms with Crippen molar-refractivity contribution >= 4 is 60.9 Å². The number of rotatable bonds is 4. The van der Waals surface area contributed by atoms with E-state index in [0.717, 1.165) is 60.9 Å². The van der Waals surface area contributed by atoms with Crippen molar-refractivity contribution in [2.45, 2.75) is 31.6 Å². The molecule has 12 rings (SSSR count). The molecule has 0 radical (unpaired) electrons. The fourth-order valence-corrected chi connectivity index (χ4v) is 10.1. The highest BCUT2D eigenvalue weighted by atomic mass is 16.3. The molecule has 0 saturated heterocycles. The molecule has 0 amide bonds. The van der Waals surface area contributed by atoms with Gasteiger partial charge < -0.3 is 13.7 Å². The maximum atomic E-state index is 7.08. The van der Waals surface area contributed by atoms with Gasteiger partial charge in [0.25, 0.3) is 0 Å². The minimum absolute atomic E-state index is 0.147. The second kappa shape index (κ2) is 11.1. The largest absolute Gasteiger partial charge is 0.456 e. The smallest absolute Gasteiger partial charge is 0.159 e. The van der Waals surface area contributed by atoms with Gasteiger partial charge in [-0.15, -0.1) is 0 Å². The van der Waals surface area contributed by atoms with Crippen molar-refractivity contribution in [3.63, 3.8) is 0 Å². The topological polar surface area (TPSA) is 29.5 Å². The van der Waals surface area contributed by atoms with Crippen molar-refractivity contribution in [2.24, 2.45) is 0 Å². The van der Waals surface area contributed by atoms with E-state index in [1.807, 2.05) is 12.1 Å². The molecule has 0 atom stereocenters. The van der Waals surface area contributed by atoms with E-state index in [9.17, 15) is 0 Å². The summed E-state index contributed by atoms with van der Waals surface area (Å²) in [6.45, 7) is 7.04. The summed E-state index contributed by atoms with van der Waals surface area (Å²) in [7, 11) is 0. The summed E-state index contributed by atoms with van der Waals surface area (Å²) in [4.78, 5) is 2.35. The van der Waals surface area contributed by atoms with Gasteiger partial charge in [-0.25, -0.2) is 0 Å². The SMILES string of the molecule is CC1(C)c2ccccc2-c2ccc(N(c3ccc4c(c3)oc3ccccc34)c3cccc4c3oc3cc(C5(C)c6ccccc6-c6ccccc65)ccc34)cc21. The number of hydrogen-bond donors (Lipinski definition) is 0. The first-order valence-electron chi connectivity index (χ1n) is 19.5. The van der Waals surface area contributed by atoms with Crippen LogP contribution in [0.25, 0.3) is 66.1 Å². The van der Waals surface area contributed by atoms with Crippen molar-refractivity contribution in [3.05, 3.63) is 198 Å². The van der Waals surface area contributed by atoms with E-state index in [0.29, 0.717) is 0 Å². The minimum Gasteiger partial charge on any atom is -0.456 e. The predicted molar refractivity (Wildman–Crippen MR) is 231 cm³/mol. The number of furan rings is 2. The Bertz CT molecular complexity index is 3220. The second-order valence-electron chi connectivity index (χ2n) is 16.2. The number of benzene rings is 8. The molecule has 8 aromatic carbocycles. The van der Waals surface area contributed by atoms with Crippen LogP contribution in [-0.2, 0) is 10.8 Å². The average molecular weight is 720 g/mol. The van der Waals surface area contributed by atoms with E-state index >= 15 is 0 Å². The molecule has 10 aromatic rings. The lowest BCUT2D eigenvalue weighted by atomic mass is 9.74. The first-order chi connectivity index (χ1) is 27.4. The quantitative estimate of drug-likeness (QED) is 0.181. The first-order valence-corrected chi connectivity index (χ1v) is 19.5. The highest BCUT2D eigenvalue weighted by molar-refractivity contribution is 6.11. The molecule has 0 fully saturated rings. The third kappa shape index (κ3) is 4.12. The van der Waals surface area contributed by atoms with Gasteiger partial charge in [-0.3, -0.25) is 0 Å². The summed E-state index contributed by atoms with van der Waals surface area (Å²) in [6.07, 6.45) is 0. The van der Waals surface area contributed by atoms with E-state index in [1.54, 1.807) is 0 Å². The second-order valence-corrected chi connectivity index (χ2v) is 16.2. The molecule has 266 valence electrons. The van der Waals surface area contributed by atoms with Crippen LogP contribution in [0.3, 0.4) is 0 Å². The van der Waals surface area contributed by atoms with E-state index in [4.69, 9.17) is 8.83 Å². The van der Waals surface area contributed by atoms with Crippen molar-refractivity contribution in [1.82, 2.24) is 0 Å². The molecule has 2 aromatic heterocycles. The Morgan fingerprint density at radius 3 is 1.73 bits per heavy atom. The zero-order chi connectivity index (χ0) is 37.3. The number of anilines is 3. The van der Waals surface area contributed by atoms with Gasteiger partial charge in [-0.05, 0) is 99.5 Å². The molecule has 0 bridgehead atoms. The number of nitrogens with zero attached hydrogens (tertiary/aromatic N) is 1. The van der Waals surface area contributed by atoms with E-state index < -0.39 is 0 Å². The fraction of sp³-hybridized carbons (Fsp3) is 0.0943. The molecule has 0 saturated carbocycles. The Morgan fingerprint density at radius 2 is 0.946 bits per heavy atom. The van der Waals surface area contributed by atoms with Gasteiger partial charge in [0.2, 0.25) is 0 Å². The fourth-order valence-electron chi connectivity index (χ4n) is 10.1. The van der Waals surface area contributed by atoms with E-state index in [2.05, 4.69) is 183 Å². The minimum atomic E-state index is -0.313. The van der Waals surface area contributed by atoms with Gasteiger partial charge in [0.05, 0.1) is 11.4 Å². The summed E-state index contributed by atoms with van der Waals surface area (Å²) < 4.78 is 13.6. The van der Waals surface area contributed by atoms with Gasteiger partial charge in [0.15, 0.2) is 5.58 Å². The molecule has 2 heterocycles. The number of para-hydroxylation sites is 2. The van der Waals surface area contributed by atoms with Crippen LogP contribution in [0.2, 0.25) is 0 Å². The number of fused-ring (bicyclic) bond motifs is 12. The van der Waals surface area contributed by atoms with Gasteiger partial charge in [-0.1, -0.05) is 135 Å². The third-order valence-electron chi connectivity index (χ3n) is 13.0. The van der Waals surface area contributed by atoms with Crippen LogP contribution in [0.4, 0.5) is 17.1 Å². The maximum Gasteiger partial charge on any atom is 0.159 e. The van der Waals surface area contributed by atoms with Gasteiger partial charge in [0.1, 0.15) is 16.7 Å². The Hall–Kier alpha value is -6.84. The molecule has 0 N–H and O–H groups in total. The zero-order valence-electron chi connectivity index (χ0n) is 31.4. The Kier molecular flexibility index (Phi) is 6.25. The monoisotopic (exact) mass is 719 g/mol. The molecular weight excluding hydrogens is 683 g/mol. The normalized spacial score (nSPS) is 14.6. The molecule has 0 unspecified atom stereocenters. The first kappa shape index (κ1) is 31.5. The van der Waals surface area contributed by atoms with Gasteiger partial charge >= 0.3 is 0 Å². The third-order valence-corrected chi connectivity index (χ3v) is 13.0. The summed E-state index contributed by atoms with van der Waals surface area (Å²) in [5.74, 6) is 0. The maximum absolute atomic E-state index is 7.08. The average Bonchev–Trinajstić information content (AvgIpc) is 3.94. The summed E-state index contributed by atoms with van der Waals surface area (Å²) in [5.41, 5.74) is 17.8. The summed E-state index contributed by atoms with van der Waals surface area (Å²) >= 11 is 0. The van der Waals surface area contributed by atoms with E-state index in [1.165, 1.54) is 50.1 Å². The van der Waals surface area contributed by atoms with Crippen molar-refractivity contribution < 1.29 is 8.83 Å². The Balaban J connectivity index is 1.07. The Labute approximate surface area is 325 Å². The molecule has 56 heavy (non-hydrogen) atoms. The molecular formula is C53H37NO2.